The van der Waals surface area contributed by atoms with Gasteiger partial charge in [-0.1, -0.05) is 19.1 Å². The van der Waals surface area contributed by atoms with Crippen LogP contribution in [0, 0.1) is 0 Å². The van der Waals surface area contributed by atoms with Gasteiger partial charge in [-0.2, -0.15) is 11.8 Å². The van der Waals surface area contributed by atoms with E-state index in [0.29, 0.717) is 0 Å². The number of benzene rings is 1. The molecule has 0 aromatic heterocycles. The Balaban J connectivity index is 2.39. The van der Waals surface area contributed by atoms with Gasteiger partial charge in [0.15, 0.2) is 0 Å². The average molecular weight is 239 g/mol. The summed E-state index contributed by atoms with van der Waals surface area (Å²) in [5.41, 5.74) is 7.12. The van der Waals surface area contributed by atoms with Gasteiger partial charge in [0.1, 0.15) is 5.75 Å². The molecule has 0 radical (unpaired) electrons. The van der Waals surface area contributed by atoms with Crippen LogP contribution in [0.15, 0.2) is 24.3 Å². The lowest BCUT2D eigenvalue weighted by Crippen LogP contribution is -2.08. The summed E-state index contributed by atoms with van der Waals surface area (Å²) < 4.78 is 5.62. The quantitative estimate of drug-likeness (QED) is 0.742. The summed E-state index contributed by atoms with van der Waals surface area (Å²) >= 11 is 1.85. The zero-order valence-electron chi connectivity index (χ0n) is 10.1. The molecule has 2 N–H and O–H groups in total. The van der Waals surface area contributed by atoms with Gasteiger partial charge in [0.25, 0.3) is 0 Å². The minimum Gasteiger partial charge on any atom is -0.494 e. The van der Waals surface area contributed by atoms with Crippen molar-refractivity contribution >= 4 is 11.8 Å². The van der Waals surface area contributed by atoms with E-state index >= 15 is 0 Å². The zero-order valence-corrected chi connectivity index (χ0v) is 10.9. The van der Waals surface area contributed by atoms with Gasteiger partial charge < -0.3 is 10.5 Å². The van der Waals surface area contributed by atoms with Crippen molar-refractivity contribution in [3.8, 4) is 5.75 Å². The minimum absolute atomic E-state index is 0.144. The van der Waals surface area contributed by atoms with Gasteiger partial charge in [-0.25, -0.2) is 0 Å². The molecule has 1 aromatic carbocycles. The van der Waals surface area contributed by atoms with Crippen LogP contribution in [0.1, 0.15) is 31.4 Å². The Morgan fingerprint density at radius 1 is 1.31 bits per heavy atom. The molecule has 3 heteroatoms. The summed E-state index contributed by atoms with van der Waals surface area (Å²) in [4.78, 5) is 0. The van der Waals surface area contributed by atoms with Crippen LogP contribution >= 0.6 is 11.8 Å². The number of rotatable bonds is 7. The van der Waals surface area contributed by atoms with Gasteiger partial charge in [0, 0.05) is 6.04 Å². The predicted molar refractivity (Wildman–Crippen MR) is 72.2 cm³/mol. The van der Waals surface area contributed by atoms with Gasteiger partial charge in [0.05, 0.1) is 6.61 Å². The monoisotopic (exact) mass is 239 g/mol. The van der Waals surface area contributed by atoms with Gasteiger partial charge in [-0.3, -0.25) is 0 Å². The summed E-state index contributed by atoms with van der Waals surface area (Å²) in [6.45, 7) is 2.89. The summed E-state index contributed by atoms with van der Waals surface area (Å²) in [6.07, 6.45) is 4.17. The molecule has 0 aliphatic rings. The molecule has 90 valence electrons. The van der Waals surface area contributed by atoms with E-state index in [-0.39, 0.29) is 6.04 Å². The van der Waals surface area contributed by atoms with Gasteiger partial charge in [-0.15, -0.1) is 0 Å². The fourth-order valence-electron chi connectivity index (χ4n) is 1.44. The lowest BCUT2D eigenvalue weighted by atomic mass is 10.1. The molecule has 1 atom stereocenters. The fourth-order valence-corrected chi connectivity index (χ4v) is 1.85. The lowest BCUT2D eigenvalue weighted by molar-refractivity contribution is 0.318. The Morgan fingerprint density at radius 2 is 2.00 bits per heavy atom. The predicted octanol–water partition coefficient (Wildman–Crippen LogP) is 3.23. The van der Waals surface area contributed by atoms with E-state index in [0.717, 1.165) is 31.0 Å². The highest BCUT2D eigenvalue weighted by Gasteiger charge is 2.02. The van der Waals surface area contributed by atoms with Crippen molar-refractivity contribution < 1.29 is 4.74 Å². The van der Waals surface area contributed by atoms with Crippen LogP contribution in [-0.2, 0) is 0 Å². The molecule has 0 heterocycles. The van der Waals surface area contributed by atoms with E-state index in [1.54, 1.807) is 0 Å². The summed E-state index contributed by atoms with van der Waals surface area (Å²) in [6, 6.07) is 8.26. The van der Waals surface area contributed by atoms with Crippen molar-refractivity contribution in [1.29, 1.82) is 0 Å². The average Bonchev–Trinajstić information content (AvgIpc) is 2.34. The normalized spacial score (nSPS) is 12.4. The first-order valence-corrected chi connectivity index (χ1v) is 7.14. The molecule has 0 aliphatic carbocycles. The van der Waals surface area contributed by atoms with Gasteiger partial charge in [-0.05, 0) is 42.5 Å². The number of thioether (sulfide) groups is 1. The molecule has 0 saturated heterocycles. The van der Waals surface area contributed by atoms with Crippen LogP contribution in [0.4, 0.5) is 0 Å². The van der Waals surface area contributed by atoms with E-state index in [1.807, 2.05) is 23.9 Å². The first kappa shape index (κ1) is 13.4. The van der Waals surface area contributed by atoms with Crippen molar-refractivity contribution in [2.75, 3.05) is 18.6 Å². The molecule has 0 aliphatic heterocycles. The fraction of sp³-hybridized carbons (Fsp3) is 0.538. The van der Waals surface area contributed by atoms with E-state index in [4.69, 9.17) is 10.5 Å². The molecule has 1 aromatic rings. The Labute approximate surface area is 103 Å². The van der Waals surface area contributed by atoms with Crippen LogP contribution in [0.3, 0.4) is 0 Å². The van der Waals surface area contributed by atoms with E-state index < -0.39 is 0 Å². The van der Waals surface area contributed by atoms with Crippen LogP contribution in [0.25, 0.3) is 0 Å². The maximum absolute atomic E-state index is 5.94. The highest BCUT2D eigenvalue weighted by molar-refractivity contribution is 7.98. The lowest BCUT2D eigenvalue weighted by Gasteiger charge is -2.10. The second-order valence-electron chi connectivity index (χ2n) is 3.78. The minimum atomic E-state index is 0.144. The van der Waals surface area contributed by atoms with Crippen molar-refractivity contribution in [3.63, 3.8) is 0 Å². The van der Waals surface area contributed by atoms with Crippen LogP contribution in [-0.4, -0.2) is 18.6 Å². The highest BCUT2D eigenvalue weighted by Crippen LogP contribution is 2.18. The molecule has 0 spiro atoms. The molecule has 0 amide bonds. The molecule has 1 rings (SSSR count). The van der Waals surface area contributed by atoms with E-state index in [1.165, 1.54) is 5.56 Å². The Morgan fingerprint density at radius 3 is 2.56 bits per heavy atom. The Bertz CT molecular complexity index is 286. The molecule has 0 fully saturated rings. The molecule has 0 bridgehead atoms. The van der Waals surface area contributed by atoms with Crippen molar-refractivity contribution in [1.82, 2.24) is 0 Å². The number of ether oxygens (including phenoxy) is 1. The molecule has 0 unspecified atom stereocenters. The largest absolute Gasteiger partial charge is 0.494 e. The Kier molecular flexibility index (Phi) is 6.34. The van der Waals surface area contributed by atoms with Gasteiger partial charge >= 0.3 is 0 Å². The van der Waals surface area contributed by atoms with Crippen molar-refractivity contribution in [2.45, 2.75) is 25.8 Å². The molecule has 0 saturated carbocycles. The third-order valence-corrected chi connectivity index (χ3v) is 3.21. The van der Waals surface area contributed by atoms with Crippen LogP contribution in [0.2, 0.25) is 0 Å². The van der Waals surface area contributed by atoms with E-state index in [2.05, 4.69) is 25.3 Å². The number of nitrogens with two attached hydrogens (primary N) is 1. The zero-order chi connectivity index (χ0) is 11.8. The third kappa shape index (κ3) is 4.45. The molecule has 16 heavy (non-hydrogen) atoms. The van der Waals surface area contributed by atoms with Crippen molar-refractivity contribution in [3.05, 3.63) is 29.8 Å². The molecular formula is C13H21NOS. The molecule has 2 nitrogen and oxygen atoms in total. The van der Waals surface area contributed by atoms with Crippen molar-refractivity contribution in [2.24, 2.45) is 5.73 Å². The first-order valence-electron chi connectivity index (χ1n) is 5.75. The highest BCUT2D eigenvalue weighted by atomic mass is 32.2. The number of hydrogen-bond donors (Lipinski definition) is 1. The standard InChI is InChI=1S/C13H21NOS/c1-3-13(14)11-5-7-12(8-6-11)15-9-4-10-16-2/h5-8,13H,3-4,9-10,14H2,1-2H3/t13-/m0/s1. The molecular weight excluding hydrogens is 218 g/mol. The topological polar surface area (TPSA) is 35.2 Å². The summed E-state index contributed by atoms with van der Waals surface area (Å²) in [5.74, 6) is 2.09. The van der Waals surface area contributed by atoms with Crippen LogP contribution < -0.4 is 10.5 Å². The third-order valence-electron chi connectivity index (χ3n) is 2.51. The summed E-state index contributed by atoms with van der Waals surface area (Å²) in [5, 5.41) is 0. The second kappa shape index (κ2) is 7.58. The SMILES string of the molecule is CC[C@H](N)c1ccc(OCCCSC)cc1. The maximum atomic E-state index is 5.94. The van der Waals surface area contributed by atoms with E-state index in [9.17, 15) is 0 Å². The van der Waals surface area contributed by atoms with Crippen LogP contribution in [0.5, 0.6) is 5.75 Å². The second-order valence-corrected chi connectivity index (χ2v) is 4.76. The van der Waals surface area contributed by atoms with Gasteiger partial charge in [0.2, 0.25) is 0 Å². The smallest absolute Gasteiger partial charge is 0.119 e. The first-order chi connectivity index (χ1) is 7.77. The maximum Gasteiger partial charge on any atom is 0.119 e. The Hall–Kier alpha value is -0.670. The number of hydrogen-bond acceptors (Lipinski definition) is 3. The summed E-state index contributed by atoms with van der Waals surface area (Å²) in [7, 11) is 0.